The Hall–Kier alpha value is -2.14. The number of rotatable bonds is 4. The van der Waals surface area contributed by atoms with Gasteiger partial charge in [-0.1, -0.05) is 30.3 Å². The lowest BCUT2D eigenvalue weighted by atomic mass is 10.1. The maximum Gasteiger partial charge on any atom is 0.348 e. The fourth-order valence-corrected chi connectivity index (χ4v) is 2.59. The van der Waals surface area contributed by atoms with Crippen molar-refractivity contribution in [2.45, 2.75) is 13.0 Å². The molecule has 2 aromatic rings. The summed E-state index contributed by atoms with van der Waals surface area (Å²) in [6.07, 6.45) is 0. The second-order valence-corrected chi connectivity index (χ2v) is 5.35. The molecular formula is C15H15NO3S. The summed E-state index contributed by atoms with van der Waals surface area (Å²) in [5.74, 6) is -0.619. The highest BCUT2D eigenvalue weighted by molar-refractivity contribution is 7.15. The molecule has 0 saturated heterocycles. The van der Waals surface area contributed by atoms with Crippen LogP contribution >= 0.6 is 11.3 Å². The van der Waals surface area contributed by atoms with Crippen molar-refractivity contribution < 1.29 is 14.3 Å². The van der Waals surface area contributed by atoms with Crippen molar-refractivity contribution in [2.75, 3.05) is 7.11 Å². The molecular weight excluding hydrogens is 274 g/mol. The lowest BCUT2D eigenvalue weighted by Gasteiger charge is -2.13. The summed E-state index contributed by atoms with van der Waals surface area (Å²) in [5.41, 5.74) is 1.03. The van der Waals surface area contributed by atoms with Gasteiger partial charge in [0, 0.05) is 0 Å². The van der Waals surface area contributed by atoms with Crippen LogP contribution in [-0.2, 0) is 4.74 Å². The molecule has 0 aliphatic carbocycles. The Labute approximate surface area is 121 Å². The van der Waals surface area contributed by atoms with Gasteiger partial charge in [0.05, 0.1) is 18.0 Å². The number of hydrogen-bond donors (Lipinski definition) is 1. The number of thiophene rings is 1. The van der Waals surface area contributed by atoms with Gasteiger partial charge in [0.2, 0.25) is 0 Å². The van der Waals surface area contributed by atoms with Crippen LogP contribution in [0.15, 0.2) is 42.5 Å². The third-order valence-corrected chi connectivity index (χ3v) is 3.93. The van der Waals surface area contributed by atoms with Gasteiger partial charge in [-0.3, -0.25) is 4.79 Å². The molecule has 0 bridgehead atoms. The molecule has 1 aromatic carbocycles. The number of esters is 1. The van der Waals surface area contributed by atoms with Gasteiger partial charge in [-0.15, -0.1) is 11.3 Å². The minimum absolute atomic E-state index is 0.0904. The molecule has 1 atom stereocenters. The zero-order valence-corrected chi connectivity index (χ0v) is 12.1. The number of methoxy groups -OCH3 is 1. The van der Waals surface area contributed by atoms with Crippen molar-refractivity contribution in [1.29, 1.82) is 0 Å². The highest BCUT2D eigenvalue weighted by Gasteiger charge is 2.16. The van der Waals surface area contributed by atoms with Crippen LogP contribution in [0.25, 0.3) is 0 Å². The molecule has 0 unspecified atom stereocenters. The van der Waals surface area contributed by atoms with E-state index in [1.54, 1.807) is 12.1 Å². The van der Waals surface area contributed by atoms with Gasteiger partial charge in [0.15, 0.2) is 0 Å². The first kappa shape index (κ1) is 14.3. The van der Waals surface area contributed by atoms with Crippen molar-refractivity contribution in [1.82, 2.24) is 5.32 Å². The Morgan fingerprint density at radius 1 is 1.10 bits per heavy atom. The number of amides is 1. The molecule has 0 aliphatic heterocycles. The van der Waals surface area contributed by atoms with Crippen molar-refractivity contribution in [2.24, 2.45) is 0 Å². The summed E-state index contributed by atoms with van der Waals surface area (Å²) < 4.78 is 4.62. The Bertz CT molecular complexity index is 607. The van der Waals surface area contributed by atoms with Crippen LogP contribution in [-0.4, -0.2) is 19.0 Å². The van der Waals surface area contributed by atoms with Gasteiger partial charge in [-0.2, -0.15) is 0 Å². The largest absolute Gasteiger partial charge is 0.465 e. The van der Waals surface area contributed by atoms with E-state index in [1.807, 2.05) is 37.3 Å². The number of hydrogen-bond acceptors (Lipinski definition) is 4. The monoisotopic (exact) mass is 289 g/mol. The fraction of sp³-hybridized carbons (Fsp3) is 0.200. The third kappa shape index (κ3) is 3.24. The van der Waals surface area contributed by atoms with Crippen LogP contribution in [0.3, 0.4) is 0 Å². The molecule has 0 fully saturated rings. The van der Waals surface area contributed by atoms with Gasteiger partial charge in [-0.05, 0) is 24.6 Å². The van der Waals surface area contributed by atoms with Crippen molar-refractivity contribution >= 4 is 23.2 Å². The molecule has 1 aromatic heterocycles. The highest BCUT2D eigenvalue weighted by atomic mass is 32.1. The first-order chi connectivity index (χ1) is 9.61. The molecule has 0 spiro atoms. The van der Waals surface area contributed by atoms with Gasteiger partial charge in [-0.25, -0.2) is 4.79 Å². The molecule has 20 heavy (non-hydrogen) atoms. The Kier molecular flexibility index (Phi) is 4.53. The molecule has 0 aliphatic rings. The quantitative estimate of drug-likeness (QED) is 0.880. The van der Waals surface area contributed by atoms with E-state index in [0.29, 0.717) is 9.75 Å². The summed E-state index contributed by atoms with van der Waals surface area (Å²) in [4.78, 5) is 24.4. The molecule has 0 saturated carbocycles. The van der Waals surface area contributed by atoms with E-state index in [2.05, 4.69) is 10.1 Å². The Morgan fingerprint density at radius 2 is 1.75 bits per heavy atom. The topological polar surface area (TPSA) is 55.4 Å². The maximum absolute atomic E-state index is 12.1. The minimum atomic E-state index is -0.426. The van der Waals surface area contributed by atoms with Crippen molar-refractivity contribution in [3.8, 4) is 0 Å². The van der Waals surface area contributed by atoms with Crippen LogP contribution in [0, 0.1) is 0 Å². The van der Waals surface area contributed by atoms with Gasteiger partial charge in [0.25, 0.3) is 5.91 Å². The fourth-order valence-electron chi connectivity index (χ4n) is 1.76. The summed E-state index contributed by atoms with van der Waals surface area (Å²) >= 11 is 1.12. The molecule has 4 nitrogen and oxygen atoms in total. The predicted molar refractivity (Wildman–Crippen MR) is 78.0 cm³/mol. The van der Waals surface area contributed by atoms with E-state index >= 15 is 0 Å². The van der Waals surface area contributed by atoms with Crippen LogP contribution in [0.4, 0.5) is 0 Å². The second kappa shape index (κ2) is 6.34. The van der Waals surface area contributed by atoms with Crippen molar-refractivity contribution in [3.63, 3.8) is 0 Å². The van der Waals surface area contributed by atoms with Crippen LogP contribution in [0.2, 0.25) is 0 Å². The highest BCUT2D eigenvalue weighted by Crippen LogP contribution is 2.19. The van der Waals surface area contributed by atoms with Crippen LogP contribution in [0.5, 0.6) is 0 Å². The third-order valence-electron chi connectivity index (χ3n) is 2.86. The Morgan fingerprint density at radius 3 is 2.40 bits per heavy atom. The summed E-state index contributed by atoms with van der Waals surface area (Å²) in [7, 11) is 1.32. The minimum Gasteiger partial charge on any atom is -0.465 e. The lowest BCUT2D eigenvalue weighted by molar-refractivity contribution is 0.0606. The zero-order chi connectivity index (χ0) is 14.5. The first-order valence-corrected chi connectivity index (χ1v) is 6.97. The molecule has 1 N–H and O–H groups in total. The maximum atomic E-state index is 12.1. The normalized spacial score (nSPS) is 11.7. The summed E-state index contributed by atoms with van der Waals surface area (Å²) in [6.45, 7) is 1.92. The van der Waals surface area contributed by atoms with E-state index in [0.717, 1.165) is 16.9 Å². The first-order valence-electron chi connectivity index (χ1n) is 6.15. The van der Waals surface area contributed by atoms with Gasteiger partial charge >= 0.3 is 5.97 Å². The van der Waals surface area contributed by atoms with E-state index in [1.165, 1.54) is 7.11 Å². The van der Waals surface area contributed by atoms with E-state index < -0.39 is 5.97 Å². The standard InChI is InChI=1S/C15H15NO3S/c1-10(11-6-4-3-5-7-11)16-14(17)12-8-9-13(20-12)15(18)19-2/h3-10H,1-2H3,(H,16,17)/t10-/m1/s1. The molecule has 1 amide bonds. The number of nitrogens with one attached hydrogen (secondary N) is 1. The number of carbonyl (C=O) groups is 2. The van der Waals surface area contributed by atoms with E-state index in [-0.39, 0.29) is 11.9 Å². The molecule has 0 radical (unpaired) electrons. The average Bonchev–Trinajstić information content (AvgIpc) is 2.97. The smallest absolute Gasteiger partial charge is 0.348 e. The van der Waals surface area contributed by atoms with Crippen LogP contribution < -0.4 is 5.32 Å². The van der Waals surface area contributed by atoms with Gasteiger partial charge in [0.1, 0.15) is 4.88 Å². The van der Waals surface area contributed by atoms with Gasteiger partial charge < -0.3 is 10.1 Å². The second-order valence-electron chi connectivity index (χ2n) is 4.26. The molecule has 5 heteroatoms. The summed E-state index contributed by atoms with van der Waals surface area (Å²) in [6, 6.07) is 12.8. The molecule has 104 valence electrons. The van der Waals surface area contributed by atoms with Crippen LogP contribution in [0.1, 0.15) is 37.9 Å². The SMILES string of the molecule is COC(=O)c1ccc(C(=O)N[C@H](C)c2ccccc2)s1. The predicted octanol–water partition coefficient (Wildman–Crippen LogP) is 3.03. The summed E-state index contributed by atoms with van der Waals surface area (Å²) in [5, 5.41) is 2.90. The number of ether oxygens (including phenoxy) is 1. The zero-order valence-electron chi connectivity index (χ0n) is 11.3. The lowest BCUT2D eigenvalue weighted by Crippen LogP contribution is -2.25. The molecule has 1 heterocycles. The van der Waals surface area contributed by atoms with E-state index in [9.17, 15) is 9.59 Å². The van der Waals surface area contributed by atoms with E-state index in [4.69, 9.17) is 0 Å². The number of benzene rings is 1. The molecule has 2 rings (SSSR count). The Balaban J connectivity index is 2.05. The average molecular weight is 289 g/mol. The van der Waals surface area contributed by atoms with Crippen molar-refractivity contribution in [3.05, 3.63) is 57.8 Å². The number of carbonyl (C=O) groups excluding carboxylic acids is 2.